The molecule has 0 heterocycles. The number of carboxylic acids is 1. The number of phenolic OH excluding ortho intramolecular Hbond substituents is 1. The lowest BCUT2D eigenvalue weighted by Gasteiger charge is -2.27. The Kier molecular flexibility index (Phi) is 4.57. The highest BCUT2D eigenvalue weighted by Gasteiger charge is 2.33. The summed E-state index contributed by atoms with van der Waals surface area (Å²) in [6, 6.07) is 3.36. The molecule has 3 N–H and O–H groups in total. The molecular formula is C13H16BrNO4. The minimum atomic E-state index is -1.11. The molecule has 0 aromatic heterocycles. The number of amides is 1. The summed E-state index contributed by atoms with van der Waals surface area (Å²) in [5.74, 6) is -1.94. The first-order chi connectivity index (χ1) is 8.62. The molecule has 0 aliphatic carbocycles. The number of aromatic hydroxyl groups is 1. The van der Waals surface area contributed by atoms with Gasteiger partial charge in [0.2, 0.25) is 0 Å². The lowest BCUT2D eigenvalue weighted by atomic mass is 9.86. The molecule has 1 atom stereocenters. The summed E-state index contributed by atoms with van der Waals surface area (Å²) in [6.07, 6.45) is 0. The standard InChI is InChI=1S/C13H16BrNO4/c1-13(2,3)10(12(18)19)15-11(17)8-5-4-7(14)6-9(8)16/h4-6,10,16H,1-3H3,(H,15,17)(H,18,19)/t10-/m0/s1. The van der Waals surface area contributed by atoms with E-state index in [9.17, 15) is 14.7 Å². The molecule has 104 valence electrons. The van der Waals surface area contributed by atoms with Crippen molar-refractivity contribution in [3.63, 3.8) is 0 Å². The van der Waals surface area contributed by atoms with Gasteiger partial charge in [0, 0.05) is 4.47 Å². The van der Waals surface area contributed by atoms with Crippen molar-refractivity contribution in [2.75, 3.05) is 0 Å². The molecule has 1 rings (SSSR count). The summed E-state index contributed by atoms with van der Waals surface area (Å²) >= 11 is 3.17. The van der Waals surface area contributed by atoms with Gasteiger partial charge in [0.15, 0.2) is 0 Å². The van der Waals surface area contributed by atoms with Gasteiger partial charge in [-0.1, -0.05) is 36.7 Å². The molecule has 0 unspecified atom stereocenters. The van der Waals surface area contributed by atoms with Gasteiger partial charge in [-0.3, -0.25) is 4.79 Å². The van der Waals surface area contributed by atoms with E-state index in [1.54, 1.807) is 26.8 Å². The zero-order chi connectivity index (χ0) is 14.8. The third-order valence-electron chi connectivity index (χ3n) is 2.59. The van der Waals surface area contributed by atoms with Gasteiger partial charge in [0.05, 0.1) is 5.56 Å². The van der Waals surface area contributed by atoms with E-state index in [4.69, 9.17) is 5.11 Å². The average molecular weight is 330 g/mol. The minimum Gasteiger partial charge on any atom is -0.507 e. The van der Waals surface area contributed by atoms with Crippen LogP contribution in [0.5, 0.6) is 5.75 Å². The molecule has 0 bridgehead atoms. The molecule has 1 aromatic rings. The Hall–Kier alpha value is -1.56. The molecular weight excluding hydrogens is 314 g/mol. The first kappa shape index (κ1) is 15.5. The number of benzene rings is 1. The van der Waals surface area contributed by atoms with Crippen molar-refractivity contribution in [2.24, 2.45) is 5.41 Å². The Morgan fingerprint density at radius 2 is 1.89 bits per heavy atom. The van der Waals surface area contributed by atoms with Crippen molar-refractivity contribution in [3.8, 4) is 5.75 Å². The van der Waals surface area contributed by atoms with Crippen molar-refractivity contribution in [1.82, 2.24) is 5.32 Å². The maximum absolute atomic E-state index is 12.0. The number of carbonyl (C=O) groups is 2. The quantitative estimate of drug-likeness (QED) is 0.794. The fraction of sp³-hybridized carbons (Fsp3) is 0.385. The Labute approximate surface area is 119 Å². The van der Waals surface area contributed by atoms with Crippen LogP contribution in [0.25, 0.3) is 0 Å². The second-order valence-corrected chi connectivity index (χ2v) is 6.19. The van der Waals surface area contributed by atoms with Crippen LogP contribution in [0, 0.1) is 5.41 Å². The Morgan fingerprint density at radius 3 is 2.32 bits per heavy atom. The zero-order valence-electron chi connectivity index (χ0n) is 10.9. The number of aliphatic carboxylic acids is 1. The molecule has 0 saturated carbocycles. The van der Waals surface area contributed by atoms with Crippen LogP contribution in [0.2, 0.25) is 0 Å². The van der Waals surface area contributed by atoms with E-state index in [1.807, 2.05) is 0 Å². The van der Waals surface area contributed by atoms with Gasteiger partial charge in [-0.15, -0.1) is 0 Å². The number of carboxylic acid groups (broad SMARTS) is 1. The second-order valence-electron chi connectivity index (χ2n) is 5.27. The van der Waals surface area contributed by atoms with Crippen LogP contribution in [0.4, 0.5) is 0 Å². The molecule has 19 heavy (non-hydrogen) atoms. The highest BCUT2D eigenvalue weighted by Crippen LogP contribution is 2.24. The summed E-state index contributed by atoms with van der Waals surface area (Å²) in [5, 5.41) is 21.2. The Balaban J connectivity index is 2.98. The summed E-state index contributed by atoms with van der Waals surface area (Å²) in [4.78, 5) is 23.2. The monoisotopic (exact) mass is 329 g/mol. The minimum absolute atomic E-state index is 0.0405. The molecule has 0 radical (unpaired) electrons. The maximum Gasteiger partial charge on any atom is 0.326 e. The SMILES string of the molecule is CC(C)(C)[C@@H](NC(=O)c1ccc(Br)cc1O)C(=O)O. The van der Waals surface area contributed by atoms with E-state index in [1.165, 1.54) is 12.1 Å². The molecule has 0 spiro atoms. The van der Waals surface area contributed by atoms with Gasteiger partial charge < -0.3 is 15.5 Å². The smallest absolute Gasteiger partial charge is 0.326 e. The highest BCUT2D eigenvalue weighted by molar-refractivity contribution is 9.10. The van der Waals surface area contributed by atoms with Crippen LogP contribution in [-0.4, -0.2) is 28.1 Å². The van der Waals surface area contributed by atoms with Crippen molar-refractivity contribution in [3.05, 3.63) is 28.2 Å². The van der Waals surface area contributed by atoms with Gasteiger partial charge in [-0.05, 0) is 23.6 Å². The molecule has 0 saturated heterocycles. The summed E-state index contributed by atoms with van der Waals surface area (Å²) in [6.45, 7) is 5.15. The predicted octanol–water partition coefficient (Wildman–Crippen LogP) is 2.38. The van der Waals surface area contributed by atoms with E-state index in [2.05, 4.69) is 21.2 Å². The number of hydrogen-bond acceptors (Lipinski definition) is 3. The van der Waals surface area contributed by atoms with Gasteiger partial charge in [-0.25, -0.2) is 4.79 Å². The van der Waals surface area contributed by atoms with E-state index < -0.39 is 23.3 Å². The molecule has 1 amide bonds. The third-order valence-corrected chi connectivity index (χ3v) is 3.09. The third kappa shape index (κ3) is 3.96. The van der Waals surface area contributed by atoms with Crippen molar-refractivity contribution in [2.45, 2.75) is 26.8 Å². The van der Waals surface area contributed by atoms with E-state index in [-0.39, 0.29) is 11.3 Å². The molecule has 1 aromatic carbocycles. The Morgan fingerprint density at radius 1 is 1.32 bits per heavy atom. The van der Waals surface area contributed by atoms with E-state index >= 15 is 0 Å². The fourth-order valence-corrected chi connectivity index (χ4v) is 1.90. The summed E-state index contributed by atoms with van der Waals surface area (Å²) in [7, 11) is 0. The van der Waals surface area contributed by atoms with Crippen LogP contribution in [0.15, 0.2) is 22.7 Å². The van der Waals surface area contributed by atoms with Crippen LogP contribution >= 0.6 is 15.9 Å². The molecule has 0 aliphatic heterocycles. The lowest BCUT2D eigenvalue weighted by molar-refractivity contribution is -0.142. The van der Waals surface area contributed by atoms with Crippen LogP contribution < -0.4 is 5.32 Å². The number of phenols is 1. The molecule has 0 fully saturated rings. The lowest BCUT2D eigenvalue weighted by Crippen LogP contribution is -2.49. The van der Waals surface area contributed by atoms with Gasteiger partial charge in [-0.2, -0.15) is 0 Å². The number of nitrogens with one attached hydrogen (secondary N) is 1. The normalized spacial score (nSPS) is 12.8. The first-order valence-corrected chi connectivity index (χ1v) is 6.44. The van der Waals surface area contributed by atoms with Gasteiger partial charge in [0.1, 0.15) is 11.8 Å². The summed E-state index contributed by atoms with van der Waals surface area (Å²) in [5.41, 5.74) is -0.592. The van der Waals surface area contributed by atoms with Gasteiger partial charge in [0.25, 0.3) is 5.91 Å². The maximum atomic E-state index is 12.0. The zero-order valence-corrected chi connectivity index (χ0v) is 12.5. The van der Waals surface area contributed by atoms with E-state index in [0.717, 1.165) is 0 Å². The number of carbonyl (C=O) groups excluding carboxylic acids is 1. The molecule has 0 aliphatic rings. The molecule has 5 nitrogen and oxygen atoms in total. The number of halogens is 1. The van der Waals surface area contributed by atoms with E-state index in [0.29, 0.717) is 4.47 Å². The van der Waals surface area contributed by atoms with Crippen LogP contribution in [0.3, 0.4) is 0 Å². The van der Waals surface area contributed by atoms with Crippen LogP contribution in [-0.2, 0) is 4.79 Å². The van der Waals surface area contributed by atoms with Crippen LogP contribution in [0.1, 0.15) is 31.1 Å². The molecule has 6 heteroatoms. The van der Waals surface area contributed by atoms with Crippen molar-refractivity contribution >= 4 is 27.8 Å². The second kappa shape index (κ2) is 5.61. The number of rotatable bonds is 3. The fourth-order valence-electron chi connectivity index (χ4n) is 1.55. The van der Waals surface area contributed by atoms with Gasteiger partial charge >= 0.3 is 5.97 Å². The number of hydrogen-bond donors (Lipinski definition) is 3. The average Bonchev–Trinajstić information content (AvgIpc) is 2.23. The van der Waals surface area contributed by atoms with Crippen molar-refractivity contribution in [1.29, 1.82) is 0 Å². The Bertz CT molecular complexity index is 508. The topological polar surface area (TPSA) is 86.6 Å². The predicted molar refractivity (Wildman–Crippen MR) is 74.2 cm³/mol. The highest BCUT2D eigenvalue weighted by atomic mass is 79.9. The summed E-state index contributed by atoms with van der Waals surface area (Å²) < 4.78 is 0.632. The van der Waals surface area contributed by atoms with Crippen molar-refractivity contribution < 1.29 is 19.8 Å². The first-order valence-electron chi connectivity index (χ1n) is 5.65. The largest absolute Gasteiger partial charge is 0.507 e.